The lowest BCUT2D eigenvalue weighted by Gasteiger charge is -2.14. The van der Waals surface area contributed by atoms with E-state index in [0.29, 0.717) is 17.5 Å². The third-order valence-electron chi connectivity index (χ3n) is 4.14. The topological polar surface area (TPSA) is 92.3 Å². The first-order valence-electron chi connectivity index (χ1n) is 8.55. The van der Waals surface area contributed by atoms with E-state index in [2.05, 4.69) is 10.0 Å². The molecule has 0 aliphatic carbocycles. The number of benzene rings is 3. The predicted octanol–water partition coefficient (Wildman–Crippen LogP) is 4.51. The highest BCUT2D eigenvalue weighted by molar-refractivity contribution is 7.92. The molecule has 148 valence electrons. The fourth-order valence-corrected chi connectivity index (χ4v) is 3.87. The molecular formula is C21H17ClN2O4S. The molecule has 0 atom stereocenters. The molecule has 0 spiro atoms. The van der Waals surface area contributed by atoms with Crippen LogP contribution < -0.4 is 10.0 Å². The molecule has 0 radical (unpaired) electrons. The Bertz CT molecular complexity index is 1180. The summed E-state index contributed by atoms with van der Waals surface area (Å²) in [5.41, 5.74) is 1.62. The number of nitrogens with one attached hydrogen (secondary N) is 2. The Morgan fingerprint density at radius 3 is 2.34 bits per heavy atom. The van der Waals surface area contributed by atoms with Crippen molar-refractivity contribution in [2.24, 2.45) is 0 Å². The number of rotatable bonds is 6. The van der Waals surface area contributed by atoms with E-state index in [0.717, 1.165) is 5.56 Å². The highest BCUT2D eigenvalue weighted by Crippen LogP contribution is 2.26. The number of anilines is 2. The minimum absolute atomic E-state index is 0.0270. The monoisotopic (exact) mass is 428 g/mol. The predicted molar refractivity (Wildman–Crippen MR) is 113 cm³/mol. The van der Waals surface area contributed by atoms with Gasteiger partial charge in [-0.05, 0) is 49.4 Å². The van der Waals surface area contributed by atoms with Crippen LogP contribution in [0.1, 0.15) is 26.3 Å². The summed E-state index contributed by atoms with van der Waals surface area (Å²) in [6.07, 6.45) is 0.623. The van der Waals surface area contributed by atoms with Crippen LogP contribution in [0.25, 0.3) is 0 Å². The van der Waals surface area contributed by atoms with Crippen molar-refractivity contribution in [2.45, 2.75) is 11.8 Å². The number of carbonyl (C=O) groups excluding carboxylic acids is 2. The SMILES string of the molecule is Cc1ccc(S(=O)(=O)Nc2cc(Cl)ccc2C(=O)Nc2ccccc2C=O)cc1. The maximum atomic E-state index is 12.8. The second kappa shape index (κ2) is 8.46. The fraction of sp³-hybridized carbons (Fsp3) is 0.0476. The lowest BCUT2D eigenvalue weighted by Crippen LogP contribution is -2.19. The van der Waals surface area contributed by atoms with E-state index in [4.69, 9.17) is 11.6 Å². The van der Waals surface area contributed by atoms with Crippen molar-refractivity contribution in [1.82, 2.24) is 0 Å². The van der Waals surface area contributed by atoms with Crippen molar-refractivity contribution >= 4 is 45.2 Å². The standard InChI is InChI=1S/C21H17ClN2O4S/c1-14-6-9-17(10-7-14)29(27,28)24-20-12-16(22)8-11-18(20)21(26)23-19-5-3-2-4-15(19)13-25/h2-13,24H,1H3,(H,23,26). The van der Waals surface area contributed by atoms with Gasteiger partial charge in [0.2, 0.25) is 0 Å². The average Bonchev–Trinajstić information content (AvgIpc) is 2.68. The fourth-order valence-electron chi connectivity index (χ4n) is 2.62. The van der Waals surface area contributed by atoms with E-state index in [1.807, 2.05) is 6.92 Å². The van der Waals surface area contributed by atoms with Crippen molar-refractivity contribution in [3.8, 4) is 0 Å². The summed E-state index contributed by atoms with van der Waals surface area (Å²) < 4.78 is 27.9. The maximum Gasteiger partial charge on any atom is 0.261 e. The first-order valence-corrected chi connectivity index (χ1v) is 10.4. The van der Waals surface area contributed by atoms with Crippen LogP contribution in [-0.2, 0) is 10.0 Å². The molecule has 1 amide bonds. The van der Waals surface area contributed by atoms with Crippen LogP contribution in [0, 0.1) is 6.92 Å². The molecule has 6 nitrogen and oxygen atoms in total. The average molecular weight is 429 g/mol. The van der Waals surface area contributed by atoms with Crippen LogP contribution >= 0.6 is 11.6 Å². The summed E-state index contributed by atoms with van der Waals surface area (Å²) in [4.78, 5) is 24.0. The number of halogens is 1. The van der Waals surface area contributed by atoms with Crippen molar-refractivity contribution in [3.05, 3.63) is 88.4 Å². The lowest BCUT2D eigenvalue weighted by atomic mass is 10.1. The molecule has 0 aliphatic heterocycles. The van der Waals surface area contributed by atoms with Crippen LogP contribution in [0.2, 0.25) is 5.02 Å². The number of carbonyl (C=O) groups is 2. The van der Waals surface area contributed by atoms with Crippen molar-refractivity contribution < 1.29 is 18.0 Å². The lowest BCUT2D eigenvalue weighted by molar-refractivity contribution is 0.102. The second-order valence-corrected chi connectivity index (χ2v) is 8.39. The van der Waals surface area contributed by atoms with Crippen molar-refractivity contribution in [1.29, 1.82) is 0 Å². The van der Waals surface area contributed by atoms with E-state index in [1.54, 1.807) is 36.4 Å². The zero-order valence-corrected chi connectivity index (χ0v) is 16.9. The molecule has 3 aromatic carbocycles. The number of aldehydes is 1. The largest absolute Gasteiger partial charge is 0.321 e. The van der Waals surface area contributed by atoms with Gasteiger partial charge in [0.15, 0.2) is 6.29 Å². The van der Waals surface area contributed by atoms with Gasteiger partial charge in [0, 0.05) is 10.6 Å². The first kappa shape index (κ1) is 20.6. The number of hydrogen-bond donors (Lipinski definition) is 2. The Morgan fingerprint density at radius 2 is 1.66 bits per heavy atom. The highest BCUT2D eigenvalue weighted by Gasteiger charge is 2.20. The third-order valence-corrected chi connectivity index (χ3v) is 5.75. The van der Waals surface area contributed by atoms with Gasteiger partial charge >= 0.3 is 0 Å². The smallest absolute Gasteiger partial charge is 0.261 e. The van der Waals surface area contributed by atoms with Gasteiger partial charge in [0.05, 0.1) is 21.8 Å². The Morgan fingerprint density at radius 1 is 0.966 bits per heavy atom. The number of hydrogen-bond acceptors (Lipinski definition) is 4. The van der Waals surface area contributed by atoms with Crippen LogP contribution in [-0.4, -0.2) is 20.6 Å². The van der Waals surface area contributed by atoms with Gasteiger partial charge in [-0.15, -0.1) is 0 Å². The van der Waals surface area contributed by atoms with Gasteiger partial charge in [0.25, 0.3) is 15.9 Å². The Labute approximate surface area is 173 Å². The molecule has 0 aromatic heterocycles. The minimum atomic E-state index is -3.93. The summed E-state index contributed by atoms with van der Waals surface area (Å²) >= 11 is 6.01. The van der Waals surface area contributed by atoms with Crippen LogP contribution in [0.3, 0.4) is 0 Å². The number of para-hydroxylation sites is 1. The Kier molecular flexibility index (Phi) is 6.00. The second-order valence-electron chi connectivity index (χ2n) is 6.27. The van der Waals surface area contributed by atoms with Gasteiger partial charge in [-0.3, -0.25) is 14.3 Å². The molecule has 0 fully saturated rings. The number of aryl methyl sites for hydroxylation is 1. The summed E-state index contributed by atoms with van der Waals surface area (Å²) in [5.74, 6) is -0.586. The molecule has 29 heavy (non-hydrogen) atoms. The van der Waals surface area contributed by atoms with E-state index in [1.165, 1.54) is 30.3 Å². The van der Waals surface area contributed by atoms with Crippen LogP contribution in [0.15, 0.2) is 71.6 Å². The molecule has 2 N–H and O–H groups in total. The van der Waals surface area contributed by atoms with Crippen molar-refractivity contribution in [3.63, 3.8) is 0 Å². The molecule has 0 aliphatic rings. The summed E-state index contributed by atoms with van der Waals surface area (Å²) in [5, 5.41) is 2.88. The van der Waals surface area contributed by atoms with Gasteiger partial charge < -0.3 is 5.32 Å². The van der Waals surface area contributed by atoms with E-state index in [-0.39, 0.29) is 21.2 Å². The highest BCUT2D eigenvalue weighted by atomic mass is 35.5. The molecular weight excluding hydrogens is 412 g/mol. The molecule has 0 saturated heterocycles. The first-order chi connectivity index (χ1) is 13.8. The van der Waals surface area contributed by atoms with E-state index < -0.39 is 15.9 Å². The molecule has 8 heteroatoms. The van der Waals surface area contributed by atoms with Gasteiger partial charge in [-0.25, -0.2) is 8.42 Å². The summed E-state index contributed by atoms with van der Waals surface area (Å²) in [6.45, 7) is 1.85. The van der Waals surface area contributed by atoms with E-state index in [9.17, 15) is 18.0 Å². The zero-order chi connectivity index (χ0) is 21.0. The number of sulfonamides is 1. The van der Waals surface area contributed by atoms with Crippen LogP contribution in [0.5, 0.6) is 0 Å². The van der Waals surface area contributed by atoms with E-state index >= 15 is 0 Å². The normalized spacial score (nSPS) is 11.0. The summed E-state index contributed by atoms with van der Waals surface area (Å²) in [6, 6.07) is 17.0. The van der Waals surface area contributed by atoms with Gasteiger partial charge in [0.1, 0.15) is 0 Å². The van der Waals surface area contributed by atoms with Crippen LogP contribution in [0.4, 0.5) is 11.4 Å². The maximum absolute atomic E-state index is 12.8. The van der Waals surface area contributed by atoms with Crippen molar-refractivity contribution in [2.75, 3.05) is 10.0 Å². The molecule has 0 saturated carbocycles. The van der Waals surface area contributed by atoms with Gasteiger partial charge in [-0.1, -0.05) is 41.4 Å². The molecule has 3 aromatic rings. The molecule has 0 unspecified atom stereocenters. The zero-order valence-electron chi connectivity index (χ0n) is 15.3. The third kappa shape index (κ3) is 4.82. The Hall–Kier alpha value is -3.16. The Balaban J connectivity index is 1.94. The summed E-state index contributed by atoms with van der Waals surface area (Å²) in [7, 11) is -3.93. The van der Waals surface area contributed by atoms with Gasteiger partial charge in [-0.2, -0.15) is 0 Å². The molecule has 0 bridgehead atoms. The molecule has 0 heterocycles. The molecule has 3 rings (SSSR count). The minimum Gasteiger partial charge on any atom is -0.321 e. The quantitative estimate of drug-likeness (QED) is 0.565. The number of amides is 1.